The highest BCUT2D eigenvalue weighted by Crippen LogP contribution is 2.28. The Bertz CT molecular complexity index is 905. The molecule has 0 N–H and O–H groups in total. The summed E-state index contributed by atoms with van der Waals surface area (Å²) in [6.45, 7) is 2.39. The van der Waals surface area contributed by atoms with Crippen molar-refractivity contribution in [3.63, 3.8) is 0 Å². The van der Waals surface area contributed by atoms with Gasteiger partial charge < -0.3 is 23.8 Å². The van der Waals surface area contributed by atoms with E-state index in [9.17, 15) is 9.59 Å². The van der Waals surface area contributed by atoms with Crippen LogP contribution in [0.15, 0.2) is 42.5 Å². The Morgan fingerprint density at radius 2 is 1.77 bits per heavy atom. The lowest BCUT2D eigenvalue weighted by Crippen LogP contribution is -2.35. The van der Waals surface area contributed by atoms with Gasteiger partial charge in [-0.3, -0.25) is 4.79 Å². The molecule has 0 aliphatic rings. The number of ether oxygens (including phenoxy) is 4. The van der Waals surface area contributed by atoms with Crippen LogP contribution in [0, 0.1) is 11.3 Å². The summed E-state index contributed by atoms with van der Waals surface area (Å²) in [7, 11) is 2.72. The van der Waals surface area contributed by atoms with E-state index in [-0.39, 0.29) is 25.5 Å². The third kappa shape index (κ3) is 5.88. The third-order valence-corrected chi connectivity index (χ3v) is 4.14. The molecule has 0 bridgehead atoms. The molecule has 30 heavy (non-hydrogen) atoms. The first kappa shape index (κ1) is 22.6. The van der Waals surface area contributed by atoms with E-state index < -0.39 is 5.97 Å². The van der Waals surface area contributed by atoms with Gasteiger partial charge in [0.1, 0.15) is 5.75 Å². The van der Waals surface area contributed by atoms with Gasteiger partial charge in [0.25, 0.3) is 5.91 Å². The van der Waals surface area contributed by atoms with Crippen molar-refractivity contribution in [3.05, 3.63) is 48.0 Å². The lowest BCUT2D eigenvalue weighted by Gasteiger charge is -2.22. The Labute approximate surface area is 175 Å². The second kappa shape index (κ2) is 11.3. The molecule has 2 aromatic carbocycles. The van der Waals surface area contributed by atoms with Crippen LogP contribution in [0.3, 0.4) is 0 Å². The van der Waals surface area contributed by atoms with Crippen LogP contribution >= 0.6 is 0 Å². The van der Waals surface area contributed by atoms with E-state index in [1.807, 2.05) is 13.0 Å². The third-order valence-electron chi connectivity index (χ3n) is 4.14. The summed E-state index contributed by atoms with van der Waals surface area (Å²) in [5.74, 6) is 0.476. The predicted molar refractivity (Wildman–Crippen MR) is 110 cm³/mol. The normalized spacial score (nSPS) is 9.93. The molecule has 0 saturated heterocycles. The molecule has 158 valence electrons. The molecule has 0 aliphatic heterocycles. The van der Waals surface area contributed by atoms with E-state index in [0.29, 0.717) is 35.1 Å². The zero-order valence-electron chi connectivity index (χ0n) is 17.2. The lowest BCUT2D eigenvalue weighted by molar-refractivity contribution is -0.120. The summed E-state index contributed by atoms with van der Waals surface area (Å²) in [5.41, 5.74) is 0.938. The van der Waals surface area contributed by atoms with Gasteiger partial charge in [-0.15, -0.1) is 0 Å². The van der Waals surface area contributed by atoms with Crippen molar-refractivity contribution >= 4 is 17.6 Å². The van der Waals surface area contributed by atoms with E-state index in [2.05, 4.69) is 4.74 Å². The monoisotopic (exact) mass is 412 g/mol. The number of benzene rings is 2. The molecule has 0 radical (unpaired) electrons. The summed E-state index contributed by atoms with van der Waals surface area (Å²) in [6.07, 6.45) is 0.177. The zero-order valence-corrected chi connectivity index (χ0v) is 17.2. The molecule has 0 fully saturated rings. The Morgan fingerprint density at radius 1 is 1.03 bits per heavy atom. The van der Waals surface area contributed by atoms with Gasteiger partial charge in [0, 0.05) is 12.2 Å². The molecule has 2 aromatic rings. The number of nitriles is 1. The highest BCUT2D eigenvalue weighted by Gasteiger charge is 2.18. The smallest absolute Gasteiger partial charge is 0.337 e. The Morgan fingerprint density at radius 3 is 2.37 bits per heavy atom. The van der Waals surface area contributed by atoms with Crippen LogP contribution in [-0.4, -0.2) is 45.9 Å². The van der Waals surface area contributed by atoms with Crippen LogP contribution < -0.4 is 19.1 Å². The van der Waals surface area contributed by atoms with Crippen LogP contribution in [-0.2, 0) is 9.53 Å². The number of rotatable bonds is 10. The first-order chi connectivity index (χ1) is 14.5. The molecule has 8 nitrogen and oxygen atoms in total. The van der Waals surface area contributed by atoms with E-state index in [0.717, 1.165) is 0 Å². The molecule has 0 atom stereocenters. The van der Waals surface area contributed by atoms with Gasteiger partial charge in [-0.1, -0.05) is 0 Å². The summed E-state index contributed by atoms with van der Waals surface area (Å²) in [5, 5.41) is 8.93. The maximum atomic E-state index is 12.8. The van der Waals surface area contributed by atoms with Gasteiger partial charge in [-0.25, -0.2) is 4.79 Å². The van der Waals surface area contributed by atoms with Crippen LogP contribution in [0.25, 0.3) is 0 Å². The SMILES string of the molecule is CCOc1ccc(N(CCC#N)C(=O)COc2ccc(C(=O)OC)cc2OC)cc1. The predicted octanol–water partition coefficient (Wildman–Crippen LogP) is 3.21. The number of methoxy groups -OCH3 is 2. The number of nitrogens with zero attached hydrogens (tertiary/aromatic N) is 2. The minimum absolute atomic E-state index is 0.177. The topological polar surface area (TPSA) is 98.1 Å². The first-order valence-corrected chi connectivity index (χ1v) is 9.33. The molecular weight excluding hydrogens is 388 g/mol. The molecule has 8 heteroatoms. The number of anilines is 1. The first-order valence-electron chi connectivity index (χ1n) is 9.33. The lowest BCUT2D eigenvalue weighted by atomic mass is 10.2. The highest BCUT2D eigenvalue weighted by molar-refractivity contribution is 5.94. The van der Waals surface area contributed by atoms with E-state index in [1.165, 1.54) is 37.3 Å². The standard InChI is InChI=1S/C22H24N2O6/c1-4-29-18-9-7-17(8-10-18)24(13-5-12-23)21(25)15-30-19-11-6-16(22(26)28-3)14-20(19)27-2/h6-11,14H,4-5,13,15H2,1-3H3. The van der Waals surface area contributed by atoms with Crippen molar-refractivity contribution in [2.75, 3.05) is 38.9 Å². The maximum absolute atomic E-state index is 12.8. The van der Waals surface area contributed by atoms with Crippen LogP contribution in [0.1, 0.15) is 23.7 Å². The average molecular weight is 412 g/mol. The molecule has 0 heterocycles. The quantitative estimate of drug-likeness (QED) is 0.553. The fourth-order valence-electron chi connectivity index (χ4n) is 2.70. The molecule has 0 spiro atoms. The van der Waals surface area contributed by atoms with Crippen molar-refractivity contribution in [2.24, 2.45) is 0 Å². The summed E-state index contributed by atoms with van der Waals surface area (Å²) in [6, 6.07) is 13.6. The van der Waals surface area contributed by atoms with Crippen LogP contribution in [0.2, 0.25) is 0 Å². The number of amides is 1. The van der Waals surface area contributed by atoms with E-state index in [1.54, 1.807) is 24.3 Å². The second-order valence-electron chi connectivity index (χ2n) is 6.03. The van der Waals surface area contributed by atoms with Crippen molar-refractivity contribution in [3.8, 4) is 23.3 Å². The second-order valence-corrected chi connectivity index (χ2v) is 6.03. The minimum Gasteiger partial charge on any atom is -0.494 e. The number of hydrogen-bond donors (Lipinski definition) is 0. The van der Waals surface area contributed by atoms with Crippen molar-refractivity contribution < 1.29 is 28.5 Å². The van der Waals surface area contributed by atoms with Gasteiger partial charge in [-0.2, -0.15) is 5.26 Å². The summed E-state index contributed by atoms with van der Waals surface area (Å²) in [4.78, 5) is 25.9. The van der Waals surface area contributed by atoms with Crippen LogP contribution in [0.4, 0.5) is 5.69 Å². The number of hydrogen-bond acceptors (Lipinski definition) is 7. The average Bonchev–Trinajstić information content (AvgIpc) is 2.78. The van der Waals surface area contributed by atoms with Gasteiger partial charge >= 0.3 is 5.97 Å². The van der Waals surface area contributed by atoms with Crippen molar-refractivity contribution in [1.82, 2.24) is 0 Å². The fraction of sp³-hybridized carbons (Fsp3) is 0.318. The van der Waals surface area contributed by atoms with Crippen molar-refractivity contribution in [1.29, 1.82) is 5.26 Å². The fourth-order valence-corrected chi connectivity index (χ4v) is 2.70. The number of esters is 1. The summed E-state index contributed by atoms with van der Waals surface area (Å²) < 4.78 is 21.0. The minimum atomic E-state index is -0.505. The molecule has 0 unspecified atom stereocenters. The Kier molecular flexibility index (Phi) is 8.51. The van der Waals surface area contributed by atoms with E-state index >= 15 is 0 Å². The van der Waals surface area contributed by atoms with Gasteiger partial charge in [-0.05, 0) is 49.4 Å². The van der Waals surface area contributed by atoms with Gasteiger partial charge in [0.2, 0.25) is 0 Å². The Hall–Kier alpha value is -3.73. The molecule has 0 aromatic heterocycles. The number of carbonyl (C=O) groups is 2. The molecule has 2 rings (SSSR count). The largest absolute Gasteiger partial charge is 0.494 e. The molecule has 1 amide bonds. The summed E-state index contributed by atoms with van der Waals surface area (Å²) >= 11 is 0. The Balaban J connectivity index is 2.14. The molecule has 0 aliphatic carbocycles. The highest BCUT2D eigenvalue weighted by atomic mass is 16.5. The van der Waals surface area contributed by atoms with E-state index in [4.69, 9.17) is 19.5 Å². The van der Waals surface area contributed by atoms with Gasteiger partial charge in [0.15, 0.2) is 18.1 Å². The number of carbonyl (C=O) groups excluding carboxylic acids is 2. The maximum Gasteiger partial charge on any atom is 0.337 e. The van der Waals surface area contributed by atoms with Crippen molar-refractivity contribution in [2.45, 2.75) is 13.3 Å². The van der Waals surface area contributed by atoms with Crippen LogP contribution in [0.5, 0.6) is 17.2 Å². The molecule has 0 saturated carbocycles. The van der Waals surface area contributed by atoms with Gasteiger partial charge in [0.05, 0.1) is 38.9 Å². The molecular formula is C22H24N2O6. The zero-order chi connectivity index (χ0) is 21.9.